The van der Waals surface area contributed by atoms with E-state index in [1.54, 1.807) is 9.58 Å². The van der Waals surface area contributed by atoms with Gasteiger partial charge < -0.3 is 10.2 Å². The summed E-state index contributed by atoms with van der Waals surface area (Å²) in [7, 11) is 0. The predicted molar refractivity (Wildman–Crippen MR) is 124 cm³/mol. The fourth-order valence-corrected chi connectivity index (χ4v) is 3.71. The fraction of sp³-hybridized carbons (Fsp3) is 0.560. The van der Waals surface area contributed by atoms with Gasteiger partial charge in [0.25, 0.3) is 0 Å². The van der Waals surface area contributed by atoms with Gasteiger partial charge in [0, 0.05) is 23.9 Å². The highest BCUT2D eigenvalue weighted by Crippen LogP contribution is 2.29. The molecular formula is C25H36N4O2. The summed E-state index contributed by atoms with van der Waals surface area (Å²) in [6.45, 7) is 11.2. The molecule has 0 unspecified atom stereocenters. The first kappa shape index (κ1) is 23.0. The number of aryl methyl sites for hydroxylation is 1. The van der Waals surface area contributed by atoms with Crippen molar-refractivity contribution in [3.63, 3.8) is 0 Å². The molecule has 0 radical (unpaired) electrons. The third-order valence-corrected chi connectivity index (χ3v) is 5.97. The zero-order chi connectivity index (χ0) is 22.6. The summed E-state index contributed by atoms with van der Waals surface area (Å²) in [5, 5.41) is 7.83. The molecule has 0 bridgehead atoms. The van der Waals surface area contributed by atoms with Gasteiger partial charge in [-0.1, -0.05) is 58.7 Å². The molecule has 6 heteroatoms. The van der Waals surface area contributed by atoms with E-state index >= 15 is 0 Å². The molecule has 1 saturated carbocycles. The third-order valence-electron chi connectivity index (χ3n) is 5.97. The number of aromatic nitrogens is 2. The minimum Gasteiger partial charge on any atom is -0.333 e. The van der Waals surface area contributed by atoms with Gasteiger partial charge in [0.15, 0.2) is 0 Å². The first-order valence-electron chi connectivity index (χ1n) is 11.5. The molecule has 3 rings (SSSR count). The van der Waals surface area contributed by atoms with Crippen molar-refractivity contribution in [2.24, 2.45) is 5.92 Å². The van der Waals surface area contributed by atoms with Gasteiger partial charge in [-0.25, -0.2) is 4.68 Å². The summed E-state index contributed by atoms with van der Waals surface area (Å²) >= 11 is 0. The summed E-state index contributed by atoms with van der Waals surface area (Å²) in [5.74, 6) is 0.669. The molecular weight excluding hydrogens is 388 g/mol. The Morgan fingerprint density at radius 1 is 1.23 bits per heavy atom. The molecule has 1 aliphatic carbocycles. The summed E-state index contributed by atoms with van der Waals surface area (Å²) in [6, 6.07) is 9.93. The van der Waals surface area contributed by atoms with Crippen LogP contribution in [0.1, 0.15) is 71.1 Å². The highest BCUT2D eigenvalue weighted by Gasteiger charge is 2.30. The number of nitrogens with one attached hydrogen (secondary N) is 1. The molecule has 1 aromatic carbocycles. The Bertz CT molecular complexity index is 922. The molecule has 1 aromatic heterocycles. The Kier molecular flexibility index (Phi) is 7.19. The molecule has 168 valence electrons. The van der Waals surface area contributed by atoms with Crippen LogP contribution in [0.3, 0.4) is 0 Å². The van der Waals surface area contributed by atoms with E-state index < -0.39 is 0 Å². The number of unbranched alkanes of at least 4 members (excludes halogenated alkanes) is 1. The molecule has 0 saturated heterocycles. The maximum Gasteiger partial charge on any atom is 0.245 e. The third kappa shape index (κ3) is 5.54. The van der Waals surface area contributed by atoms with Gasteiger partial charge in [-0.3, -0.25) is 9.59 Å². The number of hydrogen-bond donors (Lipinski definition) is 1. The molecule has 2 amide bonds. The van der Waals surface area contributed by atoms with Crippen molar-refractivity contribution in [1.82, 2.24) is 14.7 Å². The fourth-order valence-electron chi connectivity index (χ4n) is 3.71. The molecule has 2 aromatic rings. The van der Waals surface area contributed by atoms with E-state index in [9.17, 15) is 9.59 Å². The maximum absolute atomic E-state index is 13.0. The number of anilines is 1. The van der Waals surface area contributed by atoms with E-state index in [0.717, 1.165) is 49.0 Å². The quantitative estimate of drug-likeness (QED) is 0.659. The predicted octanol–water partition coefficient (Wildman–Crippen LogP) is 4.85. The van der Waals surface area contributed by atoms with Gasteiger partial charge >= 0.3 is 0 Å². The van der Waals surface area contributed by atoms with Crippen LogP contribution in [0, 0.1) is 12.8 Å². The van der Waals surface area contributed by atoms with Crippen molar-refractivity contribution in [3.8, 4) is 5.69 Å². The number of carbonyl (C=O) groups is 2. The van der Waals surface area contributed by atoms with Crippen molar-refractivity contribution in [1.29, 1.82) is 0 Å². The van der Waals surface area contributed by atoms with E-state index in [2.05, 4.69) is 33.0 Å². The SMILES string of the molecule is CCCCN(CC(=O)Nc1cc(C(C)(C)C)nn1-c1ccccc1C)C(=O)C1CCC1. The van der Waals surface area contributed by atoms with Crippen LogP contribution in [0.4, 0.5) is 5.82 Å². The standard InChI is InChI=1S/C25H36N4O2/c1-6-7-15-28(24(31)19-12-10-13-19)17-23(30)26-22-16-21(25(3,4)5)27-29(22)20-14-9-8-11-18(20)2/h8-9,11,14,16,19H,6-7,10,12-13,15,17H2,1-5H3,(H,26,30). The number of hydrogen-bond acceptors (Lipinski definition) is 3. The lowest BCUT2D eigenvalue weighted by atomic mass is 9.84. The number of rotatable bonds is 8. The van der Waals surface area contributed by atoms with Gasteiger partial charge in [0.05, 0.1) is 17.9 Å². The van der Waals surface area contributed by atoms with E-state index in [-0.39, 0.29) is 29.7 Å². The normalized spacial score (nSPS) is 14.2. The van der Waals surface area contributed by atoms with Crippen LogP contribution in [0.5, 0.6) is 0 Å². The van der Waals surface area contributed by atoms with Crippen molar-refractivity contribution >= 4 is 17.6 Å². The highest BCUT2D eigenvalue weighted by atomic mass is 16.2. The first-order valence-corrected chi connectivity index (χ1v) is 11.5. The van der Waals surface area contributed by atoms with E-state index in [4.69, 9.17) is 5.10 Å². The van der Waals surface area contributed by atoms with Crippen molar-refractivity contribution in [3.05, 3.63) is 41.6 Å². The summed E-state index contributed by atoms with van der Waals surface area (Å²) < 4.78 is 1.80. The number of nitrogens with zero attached hydrogens (tertiary/aromatic N) is 3. The average molecular weight is 425 g/mol. The van der Waals surface area contributed by atoms with Gasteiger partial charge in [-0.05, 0) is 37.8 Å². The number of carbonyl (C=O) groups excluding carboxylic acids is 2. The van der Waals surface area contributed by atoms with Crippen LogP contribution in [0.2, 0.25) is 0 Å². The Labute approximate surface area is 186 Å². The number of amides is 2. The van der Waals surface area contributed by atoms with Crippen LogP contribution in [-0.4, -0.2) is 39.6 Å². The molecule has 1 N–H and O–H groups in total. The topological polar surface area (TPSA) is 67.2 Å². The minimum absolute atomic E-state index is 0.0825. The highest BCUT2D eigenvalue weighted by molar-refractivity contribution is 5.94. The molecule has 1 fully saturated rings. The van der Waals surface area contributed by atoms with Gasteiger partial charge in [0.2, 0.25) is 11.8 Å². The second-order valence-electron chi connectivity index (χ2n) is 9.65. The first-order chi connectivity index (χ1) is 14.7. The molecule has 6 nitrogen and oxygen atoms in total. The number of para-hydroxylation sites is 1. The van der Waals surface area contributed by atoms with Gasteiger partial charge in [-0.2, -0.15) is 5.10 Å². The van der Waals surface area contributed by atoms with Crippen molar-refractivity contribution in [2.45, 2.75) is 72.1 Å². The second-order valence-corrected chi connectivity index (χ2v) is 9.65. The smallest absolute Gasteiger partial charge is 0.245 e. The van der Waals surface area contributed by atoms with Gasteiger partial charge in [-0.15, -0.1) is 0 Å². The Morgan fingerprint density at radius 3 is 2.52 bits per heavy atom. The Balaban J connectivity index is 1.82. The number of benzene rings is 1. The van der Waals surface area contributed by atoms with Crippen LogP contribution in [-0.2, 0) is 15.0 Å². The molecule has 0 atom stereocenters. The molecule has 1 aliphatic rings. The maximum atomic E-state index is 13.0. The second kappa shape index (κ2) is 9.67. The van der Waals surface area contributed by atoms with Crippen LogP contribution >= 0.6 is 0 Å². The minimum atomic E-state index is -0.182. The van der Waals surface area contributed by atoms with Crippen molar-refractivity contribution < 1.29 is 9.59 Å². The summed E-state index contributed by atoms with van der Waals surface area (Å²) in [4.78, 5) is 27.6. The van der Waals surface area contributed by atoms with E-state index in [1.807, 2.05) is 37.3 Å². The van der Waals surface area contributed by atoms with Crippen molar-refractivity contribution in [2.75, 3.05) is 18.4 Å². The average Bonchev–Trinajstić information content (AvgIpc) is 3.08. The monoisotopic (exact) mass is 424 g/mol. The van der Waals surface area contributed by atoms with Crippen LogP contribution in [0.25, 0.3) is 5.69 Å². The molecule has 0 spiro atoms. The Morgan fingerprint density at radius 2 is 1.94 bits per heavy atom. The molecule has 0 aliphatic heterocycles. The largest absolute Gasteiger partial charge is 0.333 e. The van der Waals surface area contributed by atoms with Crippen LogP contribution in [0.15, 0.2) is 30.3 Å². The van der Waals surface area contributed by atoms with Crippen LogP contribution < -0.4 is 5.32 Å². The zero-order valence-electron chi connectivity index (χ0n) is 19.6. The van der Waals surface area contributed by atoms with E-state index in [1.165, 1.54) is 0 Å². The zero-order valence-corrected chi connectivity index (χ0v) is 19.6. The Hall–Kier alpha value is -2.63. The molecule has 1 heterocycles. The lowest BCUT2D eigenvalue weighted by molar-refractivity contribution is -0.140. The molecule has 31 heavy (non-hydrogen) atoms. The van der Waals surface area contributed by atoms with E-state index in [0.29, 0.717) is 12.4 Å². The lowest BCUT2D eigenvalue weighted by Gasteiger charge is -2.31. The summed E-state index contributed by atoms with van der Waals surface area (Å²) in [5.41, 5.74) is 2.76. The lowest BCUT2D eigenvalue weighted by Crippen LogP contribution is -2.43. The van der Waals surface area contributed by atoms with Gasteiger partial charge in [0.1, 0.15) is 5.82 Å². The summed E-state index contributed by atoms with van der Waals surface area (Å²) in [6.07, 6.45) is 4.89.